The number of likely N-dealkylation sites (tertiary alicyclic amines) is 2. The van der Waals surface area contributed by atoms with Crippen molar-refractivity contribution < 1.29 is 8.78 Å². The van der Waals surface area contributed by atoms with Crippen molar-refractivity contribution in [2.75, 3.05) is 51.2 Å². The van der Waals surface area contributed by atoms with Crippen molar-refractivity contribution in [1.82, 2.24) is 30.2 Å². The summed E-state index contributed by atoms with van der Waals surface area (Å²) in [6.45, 7) is 14.1. The van der Waals surface area contributed by atoms with E-state index in [0.29, 0.717) is 46.1 Å². The van der Waals surface area contributed by atoms with Crippen LogP contribution in [0, 0.1) is 17.0 Å². The van der Waals surface area contributed by atoms with Gasteiger partial charge in [0.25, 0.3) is 0 Å². The molecule has 7 rings (SSSR count). The number of aryl methyl sites for hydroxylation is 1. The number of fused-ring (bicyclic) bond motifs is 3. The van der Waals surface area contributed by atoms with Gasteiger partial charge in [0, 0.05) is 49.4 Å². The zero-order valence-electron chi connectivity index (χ0n) is 25.5. The van der Waals surface area contributed by atoms with Crippen LogP contribution in [-0.2, 0) is 7.05 Å². The average molecular weight is 580 g/mol. The number of rotatable bonds is 6. The maximum absolute atomic E-state index is 16.1. The summed E-state index contributed by atoms with van der Waals surface area (Å²) in [5.41, 5.74) is 2.43. The van der Waals surface area contributed by atoms with Gasteiger partial charge in [0.2, 0.25) is 0 Å². The maximum Gasteiger partial charge on any atom is 0.164 e. The molecule has 3 aliphatic heterocycles. The Labute approximate surface area is 249 Å². The zero-order valence-corrected chi connectivity index (χ0v) is 25.5. The summed E-state index contributed by atoms with van der Waals surface area (Å²) in [7, 11) is 3.89. The first-order chi connectivity index (χ1) is 20.2. The molecule has 4 heterocycles. The van der Waals surface area contributed by atoms with Gasteiger partial charge in [-0.15, -0.1) is 0 Å². The molecule has 0 atom stereocenters. The third-order valence-corrected chi connectivity index (χ3v) is 11.7. The molecule has 228 valence electrons. The molecule has 0 amide bonds. The van der Waals surface area contributed by atoms with Crippen LogP contribution in [0.25, 0.3) is 10.9 Å². The fraction of sp³-hybridized carbons (Fsp3) is 0.667. The van der Waals surface area contributed by atoms with E-state index in [2.05, 4.69) is 45.7 Å². The van der Waals surface area contributed by atoms with E-state index in [1.54, 1.807) is 11.7 Å². The Hall–Kier alpha value is -2.49. The molecule has 0 radical (unpaired) electrons. The first-order valence-corrected chi connectivity index (χ1v) is 16.1. The van der Waals surface area contributed by atoms with Crippen LogP contribution in [0.3, 0.4) is 0 Å². The van der Waals surface area contributed by atoms with Crippen LogP contribution in [0.2, 0.25) is 0 Å². The lowest BCUT2D eigenvalue weighted by molar-refractivity contribution is 0.0646. The number of benzene rings is 1. The molecular weight excluding hydrogens is 532 g/mol. The van der Waals surface area contributed by atoms with E-state index >= 15 is 8.78 Å². The van der Waals surface area contributed by atoms with Gasteiger partial charge in [0.1, 0.15) is 17.2 Å². The largest absolute Gasteiger partial charge is 0.346 e. The van der Waals surface area contributed by atoms with Gasteiger partial charge < -0.3 is 25.3 Å². The van der Waals surface area contributed by atoms with Gasteiger partial charge >= 0.3 is 0 Å². The third kappa shape index (κ3) is 4.76. The second-order valence-corrected chi connectivity index (χ2v) is 14.0. The number of hydrogen-bond donors (Lipinski definition) is 2. The highest BCUT2D eigenvalue weighted by molar-refractivity contribution is 5.92. The fourth-order valence-electron chi connectivity index (χ4n) is 9.23. The first-order valence-electron chi connectivity index (χ1n) is 16.1. The van der Waals surface area contributed by atoms with Crippen LogP contribution in [0.4, 0.5) is 14.6 Å². The minimum Gasteiger partial charge on any atom is -0.346 e. The number of aromatic nitrogens is 2. The summed E-state index contributed by atoms with van der Waals surface area (Å²) in [4.78, 5) is 7.22. The lowest BCUT2D eigenvalue weighted by Gasteiger charge is -2.43. The van der Waals surface area contributed by atoms with Crippen LogP contribution in [0.15, 0.2) is 30.7 Å². The van der Waals surface area contributed by atoms with Crippen molar-refractivity contribution in [1.29, 1.82) is 0 Å². The molecule has 2 aliphatic carbocycles. The van der Waals surface area contributed by atoms with Crippen molar-refractivity contribution >= 4 is 16.7 Å². The van der Waals surface area contributed by atoms with Gasteiger partial charge in [-0.3, -0.25) is 4.68 Å². The lowest BCUT2D eigenvalue weighted by atomic mass is 9.82. The van der Waals surface area contributed by atoms with Crippen molar-refractivity contribution in [3.05, 3.63) is 47.9 Å². The van der Waals surface area contributed by atoms with Crippen LogP contribution in [0.5, 0.6) is 0 Å². The van der Waals surface area contributed by atoms with Crippen molar-refractivity contribution in [2.45, 2.75) is 81.7 Å². The predicted octanol–water partition coefficient (Wildman–Crippen LogP) is 5.20. The molecule has 0 unspecified atom stereocenters. The molecule has 42 heavy (non-hydrogen) atoms. The Morgan fingerprint density at radius 1 is 1.02 bits per heavy atom. The Balaban J connectivity index is 0.986. The molecule has 2 saturated carbocycles. The highest BCUT2D eigenvalue weighted by Gasteiger charge is 2.53. The SMILES string of the molecule is C=C1CCN(c2nn(C)c3c(F)c(C4CCN(C5CCN(CC67CCC(NC)(CC6)C7)CC5)CC4)c(F)cc23)C(=C)N1. The van der Waals surface area contributed by atoms with Gasteiger partial charge in [-0.25, -0.2) is 8.78 Å². The van der Waals surface area contributed by atoms with Crippen LogP contribution < -0.4 is 15.5 Å². The molecule has 7 nitrogen and oxygen atoms in total. The van der Waals surface area contributed by atoms with Crippen LogP contribution in [0.1, 0.15) is 75.7 Å². The third-order valence-electron chi connectivity index (χ3n) is 11.7. The second-order valence-electron chi connectivity index (χ2n) is 14.0. The quantitative estimate of drug-likeness (QED) is 0.491. The fourth-order valence-corrected chi connectivity index (χ4v) is 9.23. The summed E-state index contributed by atoms with van der Waals surface area (Å²) < 4.78 is 33.3. The number of nitrogens with zero attached hydrogens (tertiary/aromatic N) is 5. The molecule has 5 aliphatic rings. The van der Waals surface area contributed by atoms with E-state index in [4.69, 9.17) is 0 Å². The van der Waals surface area contributed by atoms with Crippen molar-refractivity contribution in [3.8, 4) is 0 Å². The van der Waals surface area contributed by atoms with Gasteiger partial charge in [0.15, 0.2) is 11.6 Å². The summed E-state index contributed by atoms with van der Waals surface area (Å²) >= 11 is 0. The smallest absolute Gasteiger partial charge is 0.164 e. The van der Waals surface area contributed by atoms with E-state index in [1.807, 2.05) is 4.90 Å². The molecule has 0 spiro atoms. The molecular formula is C33H47F2N7. The first kappa shape index (κ1) is 28.3. The number of anilines is 1. The molecule has 9 heteroatoms. The summed E-state index contributed by atoms with van der Waals surface area (Å²) in [6.07, 6.45) is 11.5. The minimum absolute atomic E-state index is 0.115. The maximum atomic E-state index is 16.1. The van der Waals surface area contributed by atoms with Crippen molar-refractivity contribution in [3.63, 3.8) is 0 Å². The highest BCUT2D eigenvalue weighted by Crippen LogP contribution is 2.56. The number of nitrogens with one attached hydrogen (secondary N) is 2. The summed E-state index contributed by atoms with van der Waals surface area (Å²) in [5, 5.41) is 11.9. The Morgan fingerprint density at radius 3 is 2.38 bits per heavy atom. The minimum atomic E-state index is -0.460. The van der Waals surface area contributed by atoms with Crippen LogP contribution >= 0.6 is 0 Å². The van der Waals surface area contributed by atoms with E-state index in [0.717, 1.165) is 38.0 Å². The standard InChI is InChI=1S/C33H47F2N7/c1-22-5-18-42(23(2)37-22)31-26-19-27(34)28(29(35)30(26)39(4)38-31)24-6-16-41(17-7-24)25-8-14-40(15-9-25)21-32-10-12-33(20-32,36-3)13-11-32/h19,24-25,36-37H,1-2,5-18,20-21H2,3-4H3. The highest BCUT2D eigenvalue weighted by atomic mass is 19.1. The normalized spacial score (nSPS) is 30.1. The molecule has 2 bridgehead atoms. The van der Waals surface area contributed by atoms with Crippen LogP contribution in [-0.4, -0.2) is 77.5 Å². The average Bonchev–Trinajstić information content (AvgIpc) is 3.64. The Bertz CT molecular complexity index is 1370. The lowest BCUT2D eigenvalue weighted by Crippen LogP contribution is -2.49. The summed E-state index contributed by atoms with van der Waals surface area (Å²) in [6, 6.07) is 2.08. The summed E-state index contributed by atoms with van der Waals surface area (Å²) in [5.74, 6) is 0.127. The van der Waals surface area contributed by atoms with E-state index in [-0.39, 0.29) is 11.5 Å². The molecule has 5 fully saturated rings. The molecule has 1 aromatic heterocycles. The van der Waals surface area contributed by atoms with Crippen molar-refractivity contribution in [2.24, 2.45) is 12.5 Å². The molecule has 2 N–H and O–H groups in total. The predicted molar refractivity (Wildman–Crippen MR) is 164 cm³/mol. The Morgan fingerprint density at radius 2 is 1.74 bits per heavy atom. The topological polar surface area (TPSA) is 51.6 Å². The molecule has 2 aromatic rings. The van der Waals surface area contributed by atoms with E-state index in [9.17, 15) is 0 Å². The van der Waals surface area contributed by atoms with Gasteiger partial charge in [-0.2, -0.15) is 5.10 Å². The van der Waals surface area contributed by atoms with Gasteiger partial charge in [-0.05, 0) is 108 Å². The molecule has 1 aromatic carbocycles. The second kappa shape index (κ2) is 10.6. The monoisotopic (exact) mass is 579 g/mol. The van der Waals surface area contributed by atoms with Gasteiger partial charge in [0.05, 0.1) is 5.39 Å². The van der Waals surface area contributed by atoms with E-state index < -0.39 is 11.6 Å². The number of halogens is 2. The molecule has 3 saturated heterocycles. The van der Waals surface area contributed by atoms with E-state index in [1.165, 1.54) is 70.6 Å². The number of hydrogen-bond acceptors (Lipinski definition) is 6. The Kier molecular flexibility index (Phi) is 7.14. The number of piperidine rings is 2. The zero-order chi connectivity index (χ0) is 29.2. The van der Waals surface area contributed by atoms with Gasteiger partial charge in [-0.1, -0.05) is 13.2 Å².